The van der Waals surface area contributed by atoms with E-state index in [0.29, 0.717) is 11.3 Å². The molecule has 122 valence electrons. The molecular weight excluding hydrogens is 305 g/mol. The molecule has 1 unspecified atom stereocenters. The summed E-state index contributed by atoms with van der Waals surface area (Å²) >= 11 is 0. The van der Waals surface area contributed by atoms with Gasteiger partial charge in [0.05, 0.1) is 5.69 Å². The second kappa shape index (κ2) is 7.50. The van der Waals surface area contributed by atoms with Gasteiger partial charge in [0, 0.05) is 25.7 Å². The van der Waals surface area contributed by atoms with Crippen LogP contribution >= 0.6 is 0 Å². The quantitative estimate of drug-likeness (QED) is 0.716. The van der Waals surface area contributed by atoms with Crippen molar-refractivity contribution in [2.24, 2.45) is 0 Å². The maximum absolute atomic E-state index is 12.9. The number of H-pyrrole nitrogens is 1. The second-order valence-electron chi connectivity index (χ2n) is 4.82. The standard InChI is InChI=1S/C15H16FN3O4/c1-23-7-6-11(15(21)22)17-14(20)13-8-12(18-19-13)9-2-4-10(16)5-3-9/h2-5,8,11H,6-7H2,1H3,(H,17,20)(H,18,19)(H,21,22). The van der Waals surface area contributed by atoms with E-state index in [4.69, 9.17) is 9.84 Å². The molecule has 0 saturated carbocycles. The number of methoxy groups -OCH3 is 1. The van der Waals surface area contributed by atoms with Crippen molar-refractivity contribution >= 4 is 11.9 Å². The molecule has 1 heterocycles. The Hall–Kier alpha value is -2.74. The van der Waals surface area contributed by atoms with Gasteiger partial charge in [-0.15, -0.1) is 0 Å². The molecule has 23 heavy (non-hydrogen) atoms. The molecule has 8 heteroatoms. The number of carboxylic acid groups (broad SMARTS) is 1. The van der Waals surface area contributed by atoms with Crippen molar-refractivity contribution in [3.8, 4) is 11.3 Å². The smallest absolute Gasteiger partial charge is 0.326 e. The summed E-state index contributed by atoms with van der Waals surface area (Å²) in [5.74, 6) is -2.10. The number of ether oxygens (including phenoxy) is 1. The minimum absolute atomic E-state index is 0.119. The van der Waals surface area contributed by atoms with Crippen LogP contribution in [-0.4, -0.2) is 46.9 Å². The number of hydrogen-bond donors (Lipinski definition) is 3. The molecule has 1 aromatic carbocycles. The molecule has 0 bridgehead atoms. The predicted molar refractivity (Wildman–Crippen MR) is 79.4 cm³/mol. The second-order valence-corrected chi connectivity index (χ2v) is 4.82. The Morgan fingerprint density at radius 3 is 2.70 bits per heavy atom. The molecule has 2 aromatic rings. The number of rotatable bonds is 7. The van der Waals surface area contributed by atoms with Crippen LogP contribution in [0.5, 0.6) is 0 Å². The number of carboxylic acids is 1. The Balaban J connectivity index is 2.08. The highest BCUT2D eigenvalue weighted by Crippen LogP contribution is 2.18. The number of nitrogens with one attached hydrogen (secondary N) is 2. The van der Waals surface area contributed by atoms with Gasteiger partial charge < -0.3 is 15.2 Å². The lowest BCUT2D eigenvalue weighted by molar-refractivity contribution is -0.139. The molecular formula is C15H16FN3O4. The first kappa shape index (κ1) is 16.6. The van der Waals surface area contributed by atoms with Gasteiger partial charge in [-0.1, -0.05) is 0 Å². The molecule has 1 aromatic heterocycles. The van der Waals surface area contributed by atoms with Crippen molar-refractivity contribution in [1.82, 2.24) is 15.5 Å². The lowest BCUT2D eigenvalue weighted by atomic mass is 10.1. The van der Waals surface area contributed by atoms with Gasteiger partial charge in [-0.2, -0.15) is 5.10 Å². The Labute approximate surface area is 131 Å². The van der Waals surface area contributed by atoms with Crippen LogP contribution in [0.4, 0.5) is 4.39 Å². The molecule has 0 saturated heterocycles. The molecule has 0 radical (unpaired) electrons. The number of carbonyl (C=O) groups excluding carboxylic acids is 1. The van der Waals surface area contributed by atoms with Gasteiger partial charge in [0.2, 0.25) is 0 Å². The van der Waals surface area contributed by atoms with Gasteiger partial charge in [0.25, 0.3) is 5.91 Å². The summed E-state index contributed by atoms with van der Waals surface area (Å²) in [7, 11) is 1.45. The van der Waals surface area contributed by atoms with Crippen LogP contribution in [0, 0.1) is 5.82 Å². The van der Waals surface area contributed by atoms with Crippen molar-refractivity contribution in [1.29, 1.82) is 0 Å². The van der Waals surface area contributed by atoms with E-state index in [0.717, 1.165) is 0 Å². The zero-order valence-electron chi connectivity index (χ0n) is 12.4. The Bertz CT molecular complexity index is 684. The van der Waals surface area contributed by atoms with Crippen LogP contribution in [0.15, 0.2) is 30.3 Å². The molecule has 0 aliphatic carbocycles. The molecule has 2 rings (SSSR count). The Morgan fingerprint density at radius 1 is 1.39 bits per heavy atom. The number of halogens is 1. The van der Waals surface area contributed by atoms with Crippen LogP contribution in [0.2, 0.25) is 0 Å². The zero-order chi connectivity index (χ0) is 16.8. The average Bonchev–Trinajstić information content (AvgIpc) is 3.01. The first-order chi connectivity index (χ1) is 11.0. The lowest BCUT2D eigenvalue weighted by Crippen LogP contribution is -2.41. The highest BCUT2D eigenvalue weighted by Gasteiger charge is 2.21. The molecule has 3 N–H and O–H groups in total. The van der Waals surface area contributed by atoms with Crippen LogP contribution < -0.4 is 5.32 Å². The number of hydrogen-bond acceptors (Lipinski definition) is 4. The van der Waals surface area contributed by atoms with Crippen LogP contribution in [0.25, 0.3) is 11.3 Å². The Morgan fingerprint density at radius 2 is 2.09 bits per heavy atom. The number of aromatic amines is 1. The summed E-state index contributed by atoms with van der Waals surface area (Å²) in [5.41, 5.74) is 1.21. The van der Waals surface area contributed by atoms with Crippen LogP contribution in [0.3, 0.4) is 0 Å². The number of carbonyl (C=O) groups is 2. The summed E-state index contributed by atoms with van der Waals surface area (Å²) in [5, 5.41) is 18.0. The molecule has 1 amide bonds. The van der Waals surface area contributed by atoms with Gasteiger partial charge in [0.1, 0.15) is 17.6 Å². The van der Waals surface area contributed by atoms with Crippen molar-refractivity contribution < 1.29 is 23.8 Å². The zero-order valence-corrected chi connectivity index (χ0v) is 12.4. The van der Waals surface area contributed by atoms with Crippen molar-refractivity contribution in [3.05, 3.63) is 41.8 Å². The minimum atomic E-state index is -1.14. The highest BCUT2D eigenvalue weighted by molar-refractivity contribution is 5.95. The SMILES string of the molecule is COCCC(NC(=O)c1cc(-c2ccc(F)cc2)n[nH]1)C(=O)O. The largest absolute Gasteiger partial charge is 0.480 e. The fraction of sp³-hybridized carbons (Fsp3) is 0.267. The molecule has 7 nitrogen and oxygen atoms in total. The summed E-state index contributed by atoms with van der Waals surface area (Å²) in [6, 6.07) is 6.05. The van der Waals surface area contributed by atoms with E-state index < -0.39 is 17.9 Å². The predicted octanol–water partition coefficient (Wildman–Crippen LogP) is 1.44. The van der Waals surface area contributed by atoms with Gasteiger partial charge >= 0.3 is 5.97 Å². The highest BCUT2D eigenvalue weighted by atomic mass is 19.1. The summed E-state index contributed by atoms with van der Waals surface area (Å²) < 4.78 is 17.7. The van der Waals surface area contributed by atoms with Crippen molar-refractivity contribution in [3.63, 3.8) is 0 Å². The molecule has 0 aliphatic heterocycles. The normalized spacial score (nSPS) is 11.9. The first-order valence-electron chi connectivity index (χ1n) is 6.85. The number of nitrogens with zero attached hydrogens (tertiary/aromatic N) is 1. The van der Waals surface area contributed by atoms with Crippen LogP contribution in [-0.2, 0) is 9.53 Å². The van der Waals surface area contributed by atoms with E-state index in [9.17, 15) is 14.0 Å². The molecule has 0 fully saturated rings. The maximum atomic E-state index is 12.9. The molecule has 0 spiro atoms. The number of amides is 1. The van der Waals surface area contributed by atoms with Crippen LogP contribution in [0.1, 0.15) is 16.9 Å². The van der Waals surface area contributed by atoms with Crippen molar-refractivity contribution in [2.75, 3.05) is 13.7 Å². The Kier molecular flexibility index (Phi) is 5.42. The number of aromatic nitrogens is 2. The van der Waals surface area contributed by atoms with E-state index in [1.165, 1.54) is 37.4 Å². The van der Waals surface area contributed by atoms with E-state index in [-0.39, 0.29) is 24.5 Å². The first-order valence-corrected chi connectivity index (χ1v) is 6.85. The average molecular weight is 321 g/mol. The summed E-state index contributed by atoms with van der Waals surface area (Å²) in [6.45, 7) is 0.209. The van der Waals surface area contributed by atoms with Gasteiger partial charge in [-0.3, -0.25) is 9.89 Å². The fourth-order valence-electron chi connectivity index (χ4n) is 1.94. The van der Waals surface area contributed by atoms with Crippen molar-refractivity contribution in [2.45, 2.75) is 12.5 Å². The minimum Gasteiger partial charge on any atom is -0.480 e. The molecule has 0 aliphatic rings. The third kappa shape index (κ3) is 4.36. The summed E-state index contributed by atoms with van der Waals surface area (Å²) in [6.07, 6.45) is 0.149. The van der Waals surface area contributed by atoms with E-state index in [1.54, 1.807) is 0 Å². The van der Waals surface area contributed by atoms with E-state index in [1.807, 2.05) is 0 Å². The number of benzene rings is 1. The third-order valence-electron chi connectivity index (χ3n) is 3.18. The maximum Gasteiger partial charge on any atom is 0.326 e. The van der Waals surface area contributed by atoms with Gasteiger partial charge in [-0.25, -0.2) is 9.18 Å². The van der Waals surface area contributed by atoms with E-state index >= 15 is 0 Å². The topological polar surface area (TPSA) is 104 Å². The lowest BCUT2D eigenvalue weighted by Gasteiger charge is -2.12. The third-order valence-corrected chi connectivity index (χ3v) is 3.18. The molecule has 1 atom stereocenters. The van der Waals surface area contributed by atoms with Gasteiger partial charge in [-0.05, 0) is 30.3 Å². The summed E-state index contributed by atoms with van der Waals surface area (Å²) in [4.78, 5) is 23.2. The number of aliphatic carboxylic acids is 1. The van der Waals surface area contributed by atoms with Gasteiger partial charge in [0.15, 0.2) is 0 Å². The fourth-order valence-corrected chi connectivity index (χ4v) is 1.94. The van der Waals surface area contributed by atoms with E-state index in [2.05, 4.69) is 15.5 Å². The monoisotopic (exact) mass is 321 g/mol.